The maximum Gasteiger partial charge on any atom is 0.130 e. The van der Waals surface area contributed by atoms with Crippen LogP contribution in [0.1, 0.15) is 5.56 Å². The molecule has 0 aliphatic heterocycles. The van der Waals surface area contributed by atoms with Gasteiger partial charge in [-0.05, 0) is 18.2 Å². The van der Waals surface area contributed by atoms with Gasteiger partial charge in [0.2, 0.25) is 0 Å². The minimum Gasteiger partial charge on any atom is -0.496 e. The van der Waals surface area contributed by atoms with Gasteiger partial charge in [0, 0.05) is 4.47 Å². The first-order valence-corrected chi connectivity index (χ1v) is 4.48. The fourth-order valence-corrected chi connectivity index (χ4v) is 1.38. The number of halogens is 1. The minimum absolute atomic E-state index is 0.347. The van der Waals surface area contributed by atoms with Gasteiger partial charge in [-0.25, -0.2) is 0 Å². The lowest BCUT2D eigenvalue weighted by Crippen LogP contribution is -2.10. The second kappa shape index (κ2) is 3.87. The lowest BCUT2D eigenvalue weighted by Gasteiger charge is -2.06. The topological polar surface area (TPSA) is 35.2 Å². The van der Waals surface area contributed by atoms with Crippen molar-refractivity contribution in [2.75, 3.05) is 7.11 Å². The third-order valence-corrected chi connectivity index (χ3v) is 2.14. The van der Waals surface area contributed by atoms with E-state index < -0.39 is 0 Å². The number of hydrogen-bond acceptors (Lipinski definition) is 2. The van der Waals surface area contributed by atoms with E-state index in [4.69, 9.17) is 22.7 Å². The van der Waals surface area contributed by atoms with Gasteiger partial charge in [0.25, 0.3) is 0 Å². The molecule has 0 spiro atoms. The zero-order chi connectivity index (χ0) is 9.14. The fraction of sp³-hybridized carbons (Fsp3) is 0.125. The number of nitrogens with two attached hydrogens (primary N) is 1. The van der Waals surface area contributed by atoms with Crippen molar-refractivity contribution in [1.82, 2.24) is 0 Å². The summed E-state index contributed by atoms with van der Waals surface area (Å²) in [7, 11) is 1.59. The van der Waals surface area contributed by atoms with Gasteiger partial charge < -0.3 is 10.5 Å². The van der Waals surface area contributed by atoms with Crippen LogP contribution in [-0.4, -0.2) is 12.1 Å². The molecule has 0 aromatic heterocycles. The number of benzene rings is 1. The van der Waals surface area contributed by atoms with E-state index in [-0.39, 0.29) is 0 Å². The summed E-state index contributed by atoms with van der Waals surface area (Å²) in [6.45, 7) is 0. The Balaban J connectivity index is 3.20. The Labute approximate surface area is 84.8 Å². The number of thiocarbonyl (C=S) groups is 1. The quantitative estimate of drug-likeness (QED) is 0.811. The highest BCUT2D eigenvalue weighted by Crippen LogP contribution is 2.22. The van der Waals surface area contributed by atoms with Crippen molar-refractivity contribution in [3.63, 3.8) is 0 Å². The van der Waals surface area contributed by atoms with Crippen LogP contribution in [0.2, 0.25) is 0 Å². The SMILES string of the molecule is COc1cc(Br)ccc1C(N)=S. The zero-order valence-electron chi connectivity index (χ0n) is 6.50. The summed E-state index contributed by atoms with van der Waals surface area (Å²) in [5, 5.41) is 0. The molecule has 0 fully saturated rings. The standard InChI is InChI=1S/C8H8BrNOS/c1-11-7-4-5(9)2-3-6(7)8(10)12/h2-4H,1H3,(H2,10,12). The molecule has 0 heterocycles. The van der Waals surface area contributed by atoms with E-state index in [2.05, 4.69) is 15.9 Å². The summed E-state index contributed by atoms with van der Waals surface area (Å²) in [6, 6.07) is 5.52. The Bertz CT molecular complexity index is 314. The monoisotopic (exact) mass is 245 g/mol. The molecular weight excluding hydrogens is 238 g/mol. The number of methoxy groups -OCH3 is 1. The Hall–Kier alpha value is -0.610. The molecule has 64 valence electrons. The van der Waals surface area contributed by atoms with Crippen LogP contribution in [0.5, 0.6) is 5.75 Å². The molecule has 1 rings (SSSR count). The van der Waals surface area contributed by atoms with Gasteiger partial charge >= 0.3 is 0 Å². The average Bonchev–Trinajstić information content (AvgIpc) is 2.03. The van der Waals surface area contributed by atoms with Crippen LogP contribution >= 0.6 is 28.1 Å². The van der Waals surface area contributed by atoms with Crippen molar-refractivity contribution in [1.29, 1.82) is 0 Å². The lowest BCUT2D eigenvalue weighted by molar-refractivity contribution is 0.414. The van der Waals surface area contributed by atoms with Crippen LogP contribution < -0.4 is 10.5 Å². The van der Waals surface area contributed by atoms with E-state index in [1.165, 1.54) is 0 Å². The van der Waals surface area contributed by atoms with Crippen LogP contribution in [0.15, 0.2) is 22.7 Å². The largest absolute Gasteiger partial charge is 0.496 e. The number of hydrogen-bond donors (Lipinski definition) is 1. The van der Waals surface area contributed by atoms with E-state index >= 15 is 0 Å². The molecule has 0 saturated heterocycles. The molecule has 2 nitrogen and oxygen atoms in total. The Morgan fingerprint density at radius 1 is 1.58 bits per heavy atom. The molecule has 1 aromatic carbocycles. The van der Waals surface area contributed by atoms with Crippen molar-refractivity contribution < 1.29 is 4.74 Å². The molecule has 0 amide bonds. The molecule has 0 radical (unpaired) electrons. The van der Waals surface area contributed by atoms with Gasteiger partial charge in [-0.3, -0.25) is 0 Å². The van der Waals surface area contributed by atoms with Crippen molar-refractivity contribution in [2.45, 2.75) is 0 Å². The molecule has 2 N–H and O–H groups in total. The molecule has 1 aromatic rings. The molecule has 0 aliphatic carbocycles. The van der Waals surface area contributed by atoms with Crippen molar-refractivity contribution in [3.05, 3.63) is 28.2 Å². The van der Waals surface area contributed by atoms with E-state index in [0.717, 1.165) is 10.0 Å². The highest BCUT2D eigenvalue weighted by atomic mass is 79.9. The van der Waals surface area contributed by atoms with Gasteiger partial charge in [-0.15, -0.1) is 0 Å². The van der Waals surface area contributed by atoms with Crippen LogP contribution in [0.3, 0.4) is 0 Å². The molecule has 4 heteroatoms. The molecular formula is C8H8BrNOS. The summed E-state index contributed by atoms with van der Waals surface area (Å²) in [4.78, 5) is 0.347. The second-order valence-electron chi connectivity index (χ2n) is 2.21. The van der Waals surface area contributed by atoms with E-state index in [1.807, 2.05) is 18.2 Å². The predicted octanol–water partition coefficient (Wildman–Crippen LogP) is 2.09. The number of ether oxygens (including phenoxy) is 1. The van der Waals surface area contributed by atoms with Gasteiger partial charge in [0.05, 0.1) is 12.7 Å². The zero-order valence-corrected chi connectivity index (χ0v) is 8.91. The number of rotatable bonds is 2. The summed E-state index contributed by atoms with van der Waals surface area (Å²) < 4.78 is 6.03. The third-order valence-electron chi connectivity index (χ3n) is 1.43. The fourth-order valence-electron chi connectivity index (χ4n) is 0.869. The highest BCUT2D eigenvalue weighted by Gasteiger charge is 2.04. The molecule has 0 unspecified atom stereocenters. The molecule has 0 bridgehead atoms. The van der Waals surface area contributed by atoms with E-state index in [9.17, 15) is 0 Å². The second-order valence-corrected chi connectivity index (χ2v) is 3.56. The first-order chi connectivity index (χ1) is 5.65. The predicted molar refractivity (Wildman–Crippen MR) is 56.6 cm³/mol. The average molecular weight is 246 g/mol. The van der Waals surface area contributed by atoms with Gasteiger partial charge in [0.1, 0.15) is 10.7 Å². The van der Waals surface area contributed by atoms with Gasteiger partial charge in [-0.2, -0.15) is 0 Å². The summed E-state index contributed by atoms with van der Waals surface area (Å²) >= 11 is 8.16. The van der Waals surface area contributed by atoms with Crippen LogP contribution in [-0.2, 0) is 0 Å². The van der Waals surface area contributed by atoms with E-state index in [0.29, 0.717) is 10.7 Å². The molecule has 0 atom stereocenters. The first kappa shape index (κ1) is 9.48. The summed E-state index contributed by atoms with van der Waals surface area (Å²) in [6.07, 6.45) is 0. The minimum atomic E-state index is 0.347. The van der Waals surface area contributed by atoms with Crippen molar-refractivity contribution >= 4 is 33.1 Å². The summed E-state index contributed by atoms with van der Waals surface area (Å²) in [5.74, 6) is 0.692. The maximum absolute atomic E-state index is 5.48. The van der Waals surface area contributed by atoms with Crippen molar-refractivity contribution in [2.24, 2.45) is 5.73 Å². The Morgan fingerprint density at radius 2 is 2.25 bits per heavy atom. The first-order valence-electron chi connectivity index (χ1n) is 3.28. The Morgan fingerprint density at radius 3 is 2.75 bits per heavy atom. The van der Waals surface area contributed by atoms with Crippen LogP contribution in [0, 0.1) is 0 Å². The maximum atomic E-state index is 5.48. The summed E-state index contributed by atoms with van der Waals surface area (Å²) in [5.41, 5.74) is 6.24. The van der Waals surface area contributed by atoms with Crippen LogP contribution in [0.25, 0.3) is 0 Å². The lowest BCUT2D eigenvalue weighted by atomic mass is 10.2. The smallest absolute Gasteiger partial charge is 0.130 e. The molecule has 0 saturated carbocycles. The van der Waals surface area contributed by atoms with E-state index in [1.54, 1.807) is 7.11 Å². The molecule has 0 aliphatic rings. The normalized spacial score (nSPS) is 9.50. The highest BCUT2D eigenvalue weighted by molar-refractivity contribution is 9.10. The van der Waals surface area contributed by atoms with Crippen LogP contribution in [0.4, 0.5) is 0 Å². The molecule has 12 heavy (non-hydrogen) atoms. The van der Waals surface area contributed by atoms with Gasteiger partial charge in [-0.1, -0.05) is 28.1 Å². The van der Waals surface area contributed by atoms with Gasteiger partial charge in [0.15, 0.2) is 0 Å². The Kier molecular flexibility index (Phi) is 3.05. The van der Waals surface area contributed by atoms with Crippen molar-refractivity contribution in [3.8, 4) is 5.75 Å². The third kappa shape index (κ3) is 1.95.